The molecular weight excluding hydrogens is 316 g/mol. The van der Waals surface area contributed by atoms with Gasteiger partial charge < -0.3 is 15.0 Å². The molecule has 0 aromatic carbocycles. The first-order chi connectivity index (χ1) is 10.9. The van der Waals surface area contributed by atoms with Gasteiger partial charge in [-0.1, -0.05) is 6.42 Å². The molecule has 132 valence electrons. The number of methoxy groups -OCH3 is 1. The largest absolute Gasteiger partial charge is 0.376 e. The maximum Gasteiger partial charge on any atom is 0.318 e. The molecule has 6 nitrogen and oxygen atoms in total. The van der Waals surface area contributed by atoms with Crippen molar-refractivity contribution in [2.45, 2.75) is 63.1 Å². The molecule has 2 saturated carbocycles. The van der Waals surface area contributed by atoms with E-state index in [1.807, 2.05) is 6.92 Å². The Hall–Kier alpha value is -0.820. The first-order valence-corrected chi connectivity index (χ1v) is 10.5. The predicted octanol–water partition coefficient (Wildman–Crippen LogP) is 1.55. The van der Waals surface area contributed by atoms with Crippen LogP contribution in [0.5, 0.6) is 0 Å². The summed E-state index contributed by atoms with van der Waals surface area (Å²) < 4.78 is 29.6. The van der Waals surface area contributed by atoms with Crippen molar-refractivity contribution in [1.82, 2.24) is 10.2 Å². The second kappa shape index (κ2) is 6.24. The van der Waals surface area contributed by atoms with E-state index >= 15 is 0 Å². The van der Waals surface area contributed by atoms with Crippen LogP contribution in [0, 0.1) is 5.92 Å². The summed E-state index contributed by atoms with van der Waals surface area (Å²) in [5.74, 6) is 0.536. The molecule has 0 aromatic rings. The Labute approximate surface area is 138 Å². The van der Waals surface area contributed by atoms with E-state index in [2.05, 4.69) is 5.32 Å². The molecule has 0 radical (unpaired) electrons. The zero-order valence-electron chi connectivity index (χ0n) is 14.1. The van der Waals surface area contributed by atoms with E-state index in [1.54, 1.807) is 12.0 Å². The lowest BCUT2D eigenvalue weighted by Gasteiger charge is -2.47. The van der Waals surface area contributed by atoms with Gasteiger partial charge in [-0.2, -0.15) is 0 Å². The van der Waals surface area contributed by atoms with Gasteiger partial charge in [0.1, 0.15) is 0 Å². The van der Waals surface area contributed by atoms with Crippen molar-refractivity contribution < 1.29 is 17.9 Å². The monoisotopic (exact) mass is 344 g/mol. The fourth-order valence-electron chi connectivity index (χ4n) is 4.04. The molecule has 3 rings (SSSR count). The highest BCUT2D eigenvalue weighted by molar-refractivity contribution is 7.91. The molecule has 2 aliphatic carbocycles. The molecule has 2 atom stereocenters. The average Bonchev–Trinajstić information content (AvgIpc) is 2.34. The van der Waals surface area contributed by atoms with Crippen LogP contribution in [0.2, 0.25) is 0 Å². The zero-order valence-corrected chi connectivity index (χ0v) is 14.9. The number of carbonyl (C=O) groups excluding carboxylic acids is 1. The average molecular weight is 344 g/mol. The maximum absolute atomic E-state index is 12.7. The molecule has 3 aliphatic rings. The highest BCUT2D eigenvalue weighted by Crippen LogP contribution is 2.38. The predicted molar refractivity (Wildman–Crippen MR) is 88.1 cm³/mol. The summed E-state index contributed by atoms with van der Waals surface area (Å²) >= 11 is 0. The third-order valence-electron chi connectivity index (χ3n) is 6.16. The molecular formula is C16H28N2O4S. The lowest BCUT2D eigenvalue weighted by Crippen LogP contribution is -2.62. The smallest absolute Gasteiger partial charge is 0.318 e. The normalized spacial score (nSPS) is 30.9. The van der Waals surface area contributed by atoms with E-state index in [1.165, 1.54) is 0 Å². The summed E-state index contributed by atoms with van der Waals surface area (Å²) in [6, 6.07) is -0.350. The summed E-state index contributed by atoms with van der Waals surface area (Å²) in [6.45, 7) is 2.29. The number of nitrogens with one attached hydrogen (secondary N) is 1. The Balaban J connectivity index is 1.67. The van der Waals surface area contributed by atoms with Crippen molar-refractivity contribution in [2.75, 3.05) is 25.2 Å². The van der Waals surface area contributed by atoms with Crippen molar-refractivity contribution >= 4 is 15.9 Å². The number of urea groups is 1. The molecule has 0 bridgehead atoms. The second-order valence-corrected chi connectivity index (χ2v) is 9.59. The van der Waals surface area contributed by atoms with Gasteiger partial charge in [-0.3, -0.25) is 0 Å². The van der Waals surface area contributed by atoms with Gasteiger partial charge in [-0.05, 0) is 44.9 Å². The molecule has 0 aromatic heterocycles. The van der Waals surface area contributed by atoms with Crippen molar-refractivity contribution in [2.24, 2.45) is 5.92 Å². The van der Waals surface area contributed by atoms with E-state index < -0.39 is 9.84 Å². The second-order valence-electron chi connectivity index (χ2n) is 7.36. The third-order valence-corrected chi connectivity index (χ3v) is 7.81. The number of rotatable bonds is 4. The van der Waals surface area contributed by atoms with Crippen molar-refractivity contribution in [1.29, 1.82) is 0 Å². The summed E-state index contributed by atoms with van der Waals surface area (Å²) in [6.07, 6.45) is 6.25. The first-order valence-electron chi connectivity index (χ1n) is 8.70. The number of hydrogen-bond donors (Lipinski definition) is 1. The van der Waals surface area contributed by atoms with Gasteiger partial charge in [0, 0.05) is 13.7 Å². The van der Waals surface area contributed by atoms with Crippen molar-refractivity contribution in [3.05, 3.63) is 0 Å². The molecule has 23 heavy (non-hydrogen) atoms. The summed E-state index contributed by atoms with van der Waals surface area (Å²) in [7, 11) is -1.32. The van der Waals surface area contributed by atoms with Gasteiger partial charge in [0.05, 0.1) is 29.2 Å². The summed E-state index contributed by atoms with van der Waals surface area (Å²) in [4.78, 5) is 14.5. The Morgan fingerprint density at radius 3 is 2.48 bits per heavy atom. The minimum atomic E-state index is -3.02. The van der Waals surface area contributed by atoms with Crippen LogP contribution < -0.4 is 5.32 Å². The zero-order chi connectivity index (χ0) is 16.7. The molecule has 0 spiro atoms. The van der Waals surface area contributed by atoms with Gasteiger partial charge in [-0.15, -0.1) is 0 Å². The number of hydrogen-bond acceptors (Lipinski definition) is 4. The molecule has 1 N–H and O–H groups in total. The Morgan fingerprint density at radius 2 is 2.00 bits per heavy atom. The van der Waals surface area contributed by atoms with Crippen molar-refractivity contribution in [3.8, 4) is 0 Å². The van der Waals surface area contributed by atoms with Gasteiger partial charge in [0.15, 0.2) is 9.84 Å². The van der Waals surface area contributed by atoms with Crippen molar-refractivity contribution in [3.63, 3.8) is 0 Å². The van der Waals surface area contributed by atoms with E-state index in [4.69, 9.17) is 4.74 Å². The molecule has 3 fully saturated rings. The SMILES string of the molecule is COC1(C(C)NC(=O)N2CCS(=O)(=O)CC2C2CCC2)CCC1. The van der Waals surface area contributed by atoms with Crippen LogP contribution in [-0.4, -0.2) is 62.2 Å². The lowest BCUT2D eigenvalue weighted by molar-refractivity contribution is -0.0923. The van der Waals surface area contributed by atoms with Gasteiger partial charge in [0.25, 0.3) is 0 Å². The summed E-state index contributed by atoms with van der Waals surface area (Å²) in [5, 5.41) is 3.07. The maximum atomic E-state index is 12.7. The van der Waals surface area contributed by atoms with Crippen LogP contribution in [0.3, 0.4) is 0 Å². The summed E-state index contributed by atoms with van der Waals surface area (Å²) in [5.41, 5.74) is -0.247. The van der Waals surface area contributed by atoms with E-state index in [0.29, 0.717) is 12.5 Å². The quantitative estimate of drug-likeness (QED) is 0.840. The van der Waals surface area contributed by atoms with Crippen LogP contribution in [0.1, 0.15) is 45.4 Å². The Morgan fingerprint density at radius 1 is 1.30 bits per heavy atom. The Bertz CT molecular complexity index is 549. The molecule has 2 amide bonds. The molecule has 2 unspecified atom stereocenters. The van der Waals surface area contributed by atoms with E-state index in [-0.39, 0.29) is 35.2 Å². The number of amides is 2. The Kier molecular flexibility index (Phi) is 4.62. The molecule has 1 saturated heterocycles. The molecule has 1 aliphatic heterocycles. The van der Waals surface area contributed by atoms with Crippen LogP contribution >= 0.6 is 0 Å². The molecule has 1 heterocycles. The molecule has 7 heteroatoms. The van der Waals surface area contributed by atoms with Gasteiger partial charge in [0.2, 0.25) is 0 Å². The van der Waals surface area contributed by atoms with Gasteiger partial charge >= 0.3 is 6.03 Å². The highest BCUT2D eigenvalue weighted by atomic mass is 32.2. The highest BCUT2D eigenvalue weighted by Gasteiger charge is 2.45. The number of sulfone groups is 1. The van der Waals surface area contributed by atoms with E-state index in [9.17, 15) is 13.2 Å². The van der Waals surface area contributed by atoms with Crippen LogP contribution in [-0.2, 0) is 14.6 Å². The van der Waals surface area contributed by atoms with Crippen LogP contribution in [0.4, 0.5) is 4.79 Å². The fourth-order valence-corrected chi connectivity index (χ4v) is 5.66. The van der Waals surface area contributed by atoms with E-state index in [0.717, 1.165) is 38.5 Å². The van der Waals surface area contributed by atoms with Crippen LogP contribution in [0.25, 0.3) is 0 Å². The topological polar surface area (TPSA) is 75.7 Å². The third kappa shape index (κ3) is 3.22. The first kappa shape index (κ1) is 17.0. The number of ether oxygens (including phenoxy) is 1. The standard InChI is InChI=1S/C16H28N2O4S/c1-12(16(22-2)7-4-8-16)17-15(19)18-9-10-23(20,21)11-14(18)13-5-3-6-13/h12-14H,3-11H2,1-2H3,(H,17,19). The lowest BCUT2D eigenvalue weighted by atomic mass is 9.75. The minimum absolute atomic E-state index is 0.0608. The number of carbonyl (C=O) groups is 1. The van der Waals surface area contributed by atoms with Gasteiger partial charge in [-0.25, -0.2) is 13.2 Å². The fraction of sp³-hybridized carbons (Fsp3) is 0.938. The minimum Gasteiger partial charge on any atom is -0.376 e. The number of nitrogens with zero attached hydrogens (tertiary/aromatic N) is 1. The van der Waals surface area contributed by atoms with Crippen LogP contribution in [0.15, 0.2) is 0 Å².